The smallest absolute Gasteiger partial charge is 0.200 e. The van der Waals surface area contributed by atoms with E-state index in [2.05, 4.69) is 5.32 Å². The lowest BCUT2D eigenvalue weighted by Crippen LogP contribution is -2.54. The zero-order valence-electron chi connectivity index (χ0n) is 22.5. The molecule has 3 rings (SSSR count). The first-order valence-electron chi connectivity index (χ1n) is 12.8. The number of ether oxygens (including phenoxy) is 4. The Balaban J connectivity index is 1.87. The van der Waals surface area contributed by atoms with Gasteiger partial charge in [0, 0.05) is 11.8 Å². The van der Waals surface area contributed by atoms with Crippen molar-refractivity contribution in [3.05, 3.63) is 41.5 Å². The van der Waals surface area contributed by atoms with Crippen molar-refractivity contribution >= 4 is 0 Å². The van der Waals surface area contributed by atoms with Gasteiger partial charge in [0.25, 0.3) is 0 Å². The second-order valence-corrected chi connectivity index (χ2v) is 9.78. The van der Waals surface area contributed by atoms with Gasteiger partial charge in [0.1, 0.15) is 6.79 Å². The van der Waals surface area contributed by atoms with E-state index in [1.807, 2.05) is 7.05 Å². The molecule has 212 valence electrons. The minimum atomic E-state index is -0.936. The highest BCUT2D eigenvalue weighted by Gasteiger charge is 2.46. The Labute approximate surface area is 223 Å². The van der Waals surface area contributed by atoms with E-state index in [9.17, 15) is 25.5 Å². The van der Waals surface area contributed by atoms with Crippen molar-refractivity contribution in [2.75, 3.05) is 41.7 Å². The molecule has 1 fully saturated rings. The fraction of sp³-hybridized carbons (Fsp3) is 0.571. The molecule has 0 aromatic heterocycles. The average molecular weight is 536 g/mol. The van der Waals surface area contributed by atoms with Crippen LogP contribution in [0.1, 0.15) is 24.0 Å². The number of aryl methyl sites for hydroxylation is 1. The van der Waals surface area contributed by atoms with Crippen molar-refractivity contribution in [2.45, 2.75) is 44.0 Å². The highest BCUT2D eigenvalue weighted by Crippen LogP contribution is 2.42. The average Bonchev–Trinajstić information content (AvgIpc) is 2.91. The minimum absolute atomic E-state index is 0.0514. The van der Waals surface area contributed by atoms with Crippen molar-refractivity contribution in [1.82, 2.24) is 5.32 Å². The molecule has 0 radical (unpaired) electrons. The van der Waals surface area contributed by atoms with Gasteiger partial charge in [-0.3, -0.25) is 0 Å². The largest absolute Gasteiger partial charge is 0.504 e. The van der Waals surface area contributed by atoms with E-state index in [0.717, 1.165) is 11.1 Å². The van der Waals surface area contributed by atoms with Crippen LogP contribution in [0.15, 0.2) is 30.3 Å². The highest BCUT2D eigenvalue weighted by molar-refractivity contribution is 5.53. The van der Waals surface area contributed by atoms with Crippen molar-refractivity contribution in [3.8, 4) is 28.7 Å². The van der Waals surface area contributed by atoms with Crippen LogP contribution in [0.2, 0.25) is 0 Å². The van der Waals surface area contributed by atoms with Gasteiger partial charge < -0.3 is 49.8 Å². The van der Waals surface area contributed by atoms with E-state index in [-0.39, 0.29) is 34.8 Å². The van der Waals surface area contributed by atoms with E-state index in [0.29, 0.717) is 38.0 Å². The Morgan fingerprint density at radius 1 is 0.947 bits per heavy atom. The summed E-state index contributed by atoms with van der Waals surface area (Å²) in [6.07, 6.45) is -0.379. The van der Waals surface area contributed by atoms with Gasteiger partial charge in [0.15, 0.2) is 23.0 Å². The maximum absolute atomic E-state index is 11.7. The zero-order valence-corrected chi connectivity index (χ0v) is 22.5. The van der Waals surface area contributed by atoms with Crippen molar-refractivity contribution < 1.29 is 44.5 Å². The van der Waals surface area contributed by atoms with E-state index in [4.69, 9.17) is 18.9 Å². The normalized spacial score (nSPS) is 24.1. The van der Waals surface area contributed by atoms with Gasteiger partial charge in [-0.15, -0.1) is 0 Å². The summed E-state index contributed by atoms with van der Waals surface area (Å²) < 4.78 is 21.5. The van der Waals surface area contributed by atoms with E-state index >= 15 is 0 Å². The van der Waals surface area contributed by atoms with Gasteiger partial charge >= 0.3 is 0 Å². The molecular formula is C28H41NO9. The number of aliphatic hydroxyl groups excluding tert-OH is 3. The summed E-state index contributed by atoms with van der Waals surface area (Å²) in [6, 6.07) is 8.47. The Kier molecular flexibility index (Phi) is 10.9. The second kappa shape index (κ2) is 13.9. The first-order valence-corrected chi connectivity index (χ1v) is 12.8. The maximum Gasteiger partial charge on any atom is 0.200 e. The predicted molar refractivity (Wildman–Crippen MR) is 141 cm³/mol. The molecule has 6 atom stereocenters. The molecule has 10 heteroatoms. The van der Waals surface area contributed by atoms with Crippen LogP contribution in [0, 0.1) is 17.8 Å². The lowest BCUT2D eigenvalue weighted by molar-refractivity contribution is -0.156. The lowest BCUT2D eigenvalue weighted by atomic mass is 9.66. The third-order valence-corrected chi connectivity index (χ3v) is 7.57. The Bertz CT molecular complexity index is 1010. The van der Waals surface area contributed by atoms with Gasteiger partial charge in [-0.25, -0.2) is 0 Å². The first-order chi connectivity index (χ1) is 18.3. The fourth-order valence-corrected chi connectivity index (χ4v) is 5.70. The molecule has 1 saturated carbocycles. The third kappa shape index (κ3) is 6.81. The van der Waals surface area contributed by atoms with Crippen LogP contribution in [0.4, 0.5) is 0 Å². The summed E-state index contributed by atoms with van der Waals surface area (Å²) in [4.78, 5) is 0. The molecule has 38 heavy (non-hydrogen) atoms. The van der Waals surface area contributed by atoms with Gasteiger partial charge in [0.2, 0.25) is 5.75 Å². The van der Waals surface area contributed by atoms with Gasteiger partial charge in [-0.1, -0.05) is 6.07 Å². The van der Waals surface area contributed by atoms with Crippen LogP contribution in [0.5, 0.6) is 28.7 Å². The topological polar surface area (TPSA) is 150 Å². The number of rotatable bonds is 13. The number of hydrogen-bond acceptors (Lipinski definition) is 10. The molecule has 6 N–H and O–H groups in total. The van der Waals surface area contributed by atoms with Crippen LogP contribution in [0.3, 0.4) is 0 Å². The van der Waals surface area contributed by atoms with Crippen LogP contribution in [0.25, 0.3) is 0 Å². The summed E-state index contributed by atoms with van der Waals surface area (Å²) in [7, 11) is 6.20. The second-order valence-electron chi connectivity index (χ2n) is 9.78. The maximum atomic E-state index is 11.7. The summed E-state index contributed by atoms with van der Waals surface area (Å²) in [5.41, 5.74) is 1.66. The molecule has 0 bridgehead atoms. The Hall–Kier alpha value is -2.76. The SMILES string of the molecule is CNCC1CC(O)C(Cc2cc(OC)c(O)c(OC)c2)C(O)C1C(CCc1ccc(O)c(OC)c1)OCO. The molecule has 0 spiro atoms. The predicted octanol–water partition coefficient (Wildman–Crippen LogP) is 1.83. The van der Waals surface area contributed by atoms with Crippen molar-refractivity contribution in [3.63, 3.8) is 0 Å². The monoisotopic (exact) mass is 535 g/mol. The first kappa shape index (κ1) is 29.8. The standard InChI is InChI=1S/C28H41NO9/c1-29-14-18-13-21(32)19(9-17-11-24(36-3)28(34)25(12-17)37-4)27(33)26(18)22(38-15-30)8-6-16-5-7-20(31)23(10-16)35-2/h5,7,10-12,18-19,21-22,26-27,29-34H,6,8-9,13-15H2,1-4H3. The number of benzene rings is 2. The van der Waals surface area contributed by atoms with Crippen molar-refractivity contribution in [1.29, 1.82) is 0 Å². The van der Waals surface area contributed by atoms with E-state index in [1.165, 1.54) is 21.3 Å². The lowest BCUT2D eigenvalue weighted by Gasteiger charge is -2.46. The molecular weight excluding hydrogens is 494 g/mol. The molecule has 0 amide bonds. The zero-order chi connectivity index (χ0) is 27.8. The molecule has 0 heterocycles. The summed E-state index contributed by atoms with van der Waals surface area (Å²) in [6.45, 7) is 0.0589. The Morgan fingerprint density at radius 2 is 1.58 bits per heavy atom. The summed E-state index contributed by atoms with van der Waals surface area (Å²) in [5, 5.41) is 55.8. The van der Waals surface area contributed by atoms with Crippen molar-refractivity contribution in [2.24, 2.45) is 17.8 Å². The minimum Gasteiger partial charge on any atom is -0.504 e. The molecule has 6 unspecified atom stereocenters. The van der Waals surface area contributed by atoms with Crippen LogP contribution in [-0.2, 0) is 17.6 Å². The molecule has 1 aliphatic rings. The van der Waals surface area contributed by atoms with Crippen LogP contribution < -0.4 is 19.5 Å². The summed E-state index contributed by atoms with van der Waals surface area (Å²) in [5.74, 6) is -0.197. The number of nitrogens with one attached hydrogen (secondary N) is 1. The number of phenols is 2. The number of aromatic hydroxyl groups is 2. The fourth-order valence-electron chi connectivity index (χ4n) is 5.70. The van der Waals surface area contributed by atoms with Gasteiger partial charge in [0.05, 0.1) is 39.6 Å². The number of methoxy groups -OCH3 is 3. The quantitative estimate of drug-likeness (QED) is 0.210. The van der Waals surface area contributed by atoms with Crippen LogP contribution >= 0.6 is 0 Å². The number of aliphatic hydroxyl groups is 3. The molecule has 1 aliphatic carbocycles. The number of phenolic OH excluding ortho intramolecular Hbond substituents is 2. The Morgan fingerprint density at radius 3 is 2.16 bits per heavy atom. The molecule has 10 nitrogen and oxygen atoms in total. The third-order valence-electron chi connectivity index (χ3n) is 7.57. The van der Waals surface area contributed by atoms with Crippen LogP contribution in [-0.4, -0.2) is 85.6 Å². The van der Waals surface area contributed by atoms with E-state index in [1.54, 1.807) is 30.3 Å². The number of hydrogen-bond donors (Lipinski definition) is 6. The molecule has 2 aromatic carbocycles. The molecule has 0 saturated heterocycles. The van der Waals surface area contributed by atoms with E-state index < -0.39 is 31.0 Å². The van der Waals surface area contributed by atoms with Gasteiger partial charge in [-0.2, -0.15) is 0 Å². The van der Waals surface area contributed by atoms with Gasteiger partial charge in [-0.05, 0) is 80.6 Å². The molecule has 0 aliphatic heterocycles. The molecule has 2 aromatic rings. The highest BCUT2D eigenvalue weighted by atomic mass is 16.6. The summed E-state index contributed by atoms with van der Waals surface area (Å²) >= 11 is 0.